The van der Waals surface area contributed by atoms with Gasteiger partial charge < -0.3 is 10.6 Å². The molecule has 2 aromatic rings. The molecule has 0 aromatic heterocycles. The monoisotopic (exact) mass is 379 g/mol. The van der Waals surface area contributed by atoms with Gasteiger partial charge in [0.25, 0.3) is 0 Å². The van der Waals surface area contributed by atoms with Crippen LogP contribution in [0.5, 0.6) is 0 Å². The lowest BCUT2D eigenvalue weighted by molar-refractivity contribution is -0.118. The van der Waals surface area contributed by atoms with Crippen molar-refractivity contribution < 1.29 is 9.59 Å². The normalized spacial score (nSPS) is 18.0. The summed E-state index contributed by atoms with van der Waals surface area (Å²) in [5.41, 5.74) is 2.16. The lowest BCUT2D eigenvalue weighted by Crippen LogP contribution is -2.42. The van der Waals surface area contributed by atoms with Gasteiger partial charge in [0.2, 0.25) is 5.91 Å². The molecule has 28 heavy (non-hydrogen) atoms. The molecule has 0 aliphatic carbocycles. The number of hydrogen-bond donors (Lipinski definition) is 2. The van der Waals surface area contributed by atoms with Crippen LogP contribution in [0.15, 0.2) is 54.6 Å². The van der Waals surface area contributed by atoms with Gasteiger partial charge in [-0.2, -0.15) is 0 Å². The third-order valence-electron chi connectivity index (χ3n) is 5.39. The first-order valence-electron chi connectivity index (χ1n) is 10.0. The van der Waals surface area contributed by atoms with Gasteiger partial charge in [0, 0.05) is 23.8 Å². The Morgan fingerprint density at radius 3 is 2.64 bits per heavy atom. The van der Waals surface area contributed by atoms with Crippen molar-refractivity contribution in [2.45, 2.75) is 38.8 Å². The van der Waals surface area contributed by atoms with E-state index >= 15 is 0 Å². The Morgan fingerprint density at radius 1 is 1.14 bits per heavy atom. The van der Waals surface area contributed by atoms with Gasteiger partial charge in [-0.3, -0.25) is 14.5 Å². The molecule has 0 radical (unpaired) electrons. The molecular weight excluding hydrogens is 350 g/mol. The van der Waals surface area contributed by atoms with Gasteiger partial charge >= 0.3 is 0 Å². The zero-order valence-electron chi connectivity index (χ0n) is 16.7. The van der Waals surface area contributed by atoms with Gasteiger partial charge in [-0.15, -0.1) is 0 Å². The van der Waals surface area contributed by atoms with Crippen molar-refractivity contribution in [1.82, 2.24) is 10.2 Å². The summed E-state index contributed by atoms with van der Waals surface area (Å²) in [7, 11) is 0. The highest BCUT2D eigenvalue weighted by atomic mass is 16.2. The zero-order valence-corrected chi connectivity index (χ0v) is 16.7. The van der Waals surface area contributed by atoms with Gasteiger partial charge in [0.05, 0.1) is 0 Å². The second-order valence-electron chi connectivity index (χ2n) is 7.30. The van der Waals surface area contributed by atoms with Gasteiger partial charge in [-0.25, -0.2) is 0 Å². The van der Waals surface area contributed by atoms with E-state index in [1.165, 1.54) is 13.3 Å². The van der Waals surface area contributed by atoms with Crippen molar-refractivity contribution in [3.63, 3.8) is 0 Å². The number of hydrogen-bond acceptors (Lipinski definition) is 4. The van der Waals surface area contributed by atoms with E-state index in [4.69, 9.17) is 0 Å². The highest BCUT2D eigenvalue weighted by molar-refractivity contribution is 5.98. The number of amides is 1. The Labute approximate surface area is 167 Å². The fourth-order valence-electron chi connectivity index (χ4n) is 3.83. The molecule has 1 heterocycles. The highest BCUT2D eigenvalue weighted by Gasteiger charge is 2.26. The third kappa shape index (κ3) is 5.06. The van der Waals surface area contributed by atoms with Gasteiger partial charge in [-0.1, -0.05) is 49.4 Å². The zero-order chi connectivity index (χ0) is 19.9. The first-order valence-corrected chi connectivity index (χ1v) is 10.0. The van der Waals surface area contributed by atoms with Crippen molar-refractivity contribution >= 4 is 17.4 Å². The predicted octanol–water partition coefficient (Wildman–Crippen LogP) is 3.64. The van der Waals surface area contributed by atoms with Crippen LogP contribution in [0.25, 0.3) is 0 Å². The van der Waals surface area contributed by atoms with Crippen molar-refractivity contribution in [1.29, 1.82) is 0 Å². The summed E-state index contributed by atoms with van der Waals surface area (Å²) in [4.78, 5) is 27.2. The number of nitrogens with one attached hydrogen (secondary N) is 2. The molecule has 1 aliphatic rings. The van der Waals surface area contributed by atoms with E-state index in [9.17, 15) is 9.59 Å². The number of likely N-dealkylation sites (tertiary alicyclic amines) is 1. The van der Waals surface area contributed by atoms with Crippen LogP contribution in [0.3, 0.4) is 0 Å². The maximum absolute atomic E-state index is 13.1. The fraction of sp³-hybridized carbons (Fsp3) is 0.391. The number of carbonyl (C=O) groups is 2. The molecule has 0 saturated carbocycles. The Hall–Kier alpha value is -2.50. The first kappa shape index (κ1) is 20.2. The Balaban J connectivity index is 1.74. The molecule has 2 N–H and O–H groups in total. The van der Waals surface area contributed by atoms with Crippen molar-refractivity contribution in [3.05, 3.63) is 65.7 Å². The van der Waals surface area contributed by atoms with E-state index in [2.05, 4.69) is 22.5 Å². The van der Waals surface area contributed by atoms with Crippen LogP contribution >= 0.6 is 0 Å². The van der Waals surface area contributed by atoms with Crippen LogP contribution in [0, 0.1) is 0 Å². The van der Waals surface area contributed by atoms with E-state index in [0.717, 1.165) is 31.6 Å². The van der Waals surface area contributed by atoms with E-state index < -0.39 is 6.04 Å². The average Bonchev–Trinajstić information content (AvgIpc) is 3.16. The molecule has 0 bridgehead atoms. The largest absolute Gasteiger partial charge is 0.324 e. The number of benzene rings is 2. The van der Waals surface area contributed by atoms with Crippen molar-refractivity contribution in [2.75, 3.05) is 25.0 Å². The predicted molar refractivity (Wildman–Crippen MR) is 113 cm³/mol. The Kier molecular flexibility index (Phi) is 6.95. The summed E-state index contributed by atoms with van der Waals surface area (Å²) >= 11 is 0. The summed E-state index contributed by atoms with van der Waals surface area (Å²) in [6, 6.07) is 16.9. The molecule has 2 aromatic carbocycles. The summed E-state index contributed by atoms with van der Waals surface area (Å²) < 4.78 is 0. The lowest BCUT2D eigenvalue weighted by Gasteiger charge is -2.26. The topological polar surface area (TPSA) is 61.4 Å². The maximum atomic E-state index is 13.1. The maximum Gasteiger partial charge on any atom is 0.246 e. The molecule has 0 spiro atoms. The van der Waals surface area contributed by atoms with Gasteiger partial charge in [-0.05, 0) is 50.6 Å². The smallest absolute Gasteiger partial charge is 0.246 e. The summed E-state index contributed by atoms with van der Waals surface area (Å²) in [6.45, 7) is 6.64. The fourth-order valence-corrected chi connectivity index (χ4v) is 3.83. The standard InChI is InChI=1S/C23H29N3O2/c1-3-26-14-8-13-21(26)16-24-22(18-9-5-4-6-10-18)23(28)25-20-12-7-11-19(15-20)17(2)27/h4-7,9-12,15,21-22,24H,3,8,13-14,16H2,1-2H3,(H,25,28)/t21-,22+/m0/s1. The van der Waals surface area contributed by atoms with E-state index in [1.807, 2.05) is 36.4 Å². The van der Waals surface area contributed by atoms with Crippen LogP contribution in [-0.2, 0) is 4.79 Å². The van der Waals surface area contributed by atoms with Crippen LogP contribution in [0.1, 0.15) is 48.7 Å². The summed E-state index contributed by atoms with van der Waals surface area (Å²) in [5.74, 6) is -0.136. The van der Waals surface area contributed by atoms with Crippen LogP contribution in [0.2, 0.25) is 0 Å². The van der Waals surface area contributed by atoms with Crippen molar-refractivity contribution in [2.24, 2.45) is 0 Å². The van der Waals surface area contributed by atoms with Crippen molar-refractivity contribution in [3.8, 4) is 0 Å². The average molecular weight is 380 g/mol. The molecule has 2 atom stereocenters. The quantitative estimate of drug-likeness (QED) is 0.688. The molecule has 5 heteroatoms. The van der Waals surface area contributed by atoms with Crippen LogP contribution in [-0.4, -0.2) is 42.3 Å². The molecule has 0 unspecified atom stereocenters. The number of ketones is 1. The van der Waals surface area contributed by atoms with E-state index in [1.54, 1.807) is 18.2 Å². The van der Waals surface area contributed by atoms with E-state index in [0.29, 0.717) is 17.3 Å². The minimum atomic E-state index is -0.443. The number of Topliss-reactive ketones (excluding diaryl/α,β-unsaturated/α-hetero) is 1. The highest BCUT2D eigenvalue weighted by Crippen LogP contribution is 2.20. The van der Waals surface area contributed by atoms with E-state index in [-0.39, 0.29) is 11.7 Å². The minimum absolute atomic E-state index is 0.0188. The lowest BCUT2D eigenvalue weighted by atomic mass is 10.0. The SMILES string of the molecule is CCN1CCC[C@H]1CN[C@@H](C(=O)Nc1cccc(C(C)=O)c1)c1ccccc1. The number of nitrogens with zero attached hydrogens (tertiary/aromatic N) is 1. The molecule has 5 nitrogen and oxygen atoms in total. The van der Waals surface area contributed by atoms with Crippen LogP contribution < -0.4 is 10.6 Å². The number of anilines is 1. The molecule has 3 rings (SSSR count). The van der Waals surface area contributed by atoms with Gasteiger partial charge in [0.15, 0.2) is 5.78 Å². The second kappa shape index (κ2) is 9.62. The molecular formula is C23H29N3O2. The number of likely N-dealkylation sites (N-methyl/N-ethyl adjacent to an activating group) is 1. The second-order valence-corrected chi connectivity index (χ2v) is 7.30. The third-order valence-corrected chi connectivity index (χ3v) is 5.39. The summed E-state index contributed by atoms with van der Waals surface area (Å²) in [5, 5.41) is 6.45. The van der Waals surface area contributed by atoms with Crippen LogP contribution in [0.4, 0.5) is 5.69 Å². The number of carbonyl (C=O) groups excluding carboxylic acids is 2. The molecule has 1 saturated heterocycles. The summed E-state index contributed by atoms with van der Waals surface area (Å²) in [6.07, 6.45) is 2.37. The Morgan fingerprint density at radius 2 is 1.93 bits per heavy atom. The first-order chi connectivity index (χ1) is 13.6. The molecule has 148 valence electrons. The molecule has 1 amide bonds. The molecule has 1 fully saturated rings. The molecule has 1 aliphatic heterocycles. The Bertz CT molecular complexity index is 807. The number of rotatable bonds is 8. The van der Waals surface area contributed by atoms with Gasteiger partial charge in [0.1, 0.15) is 6.04 Å². The minimum Gasteiger partial charge on any atom is -0.324 e.